The predicted molar refractivity (Wildman–Crippen MR) is 109 cm³/mol. The van der Waals surface area contributed by atoms with Gasteiger partial charge in [0.2, 0.25) is 13.9 Å². The molecule has 0 rings (SSSR count). The number of hydrogen-bond acceptors (Lipinski definition) is 11. The van der Waals surface area contributed by atoms with Gasteiger partial charge in [0.15, 0.2) is 0 Å². The van der Waals surface area contributed by atoms with E-state index in [0.717, 1.165) is 11.8 Å². The summed E-state index contributed by atoms with van der Waals surface area (Å²) in [7, 11) is -1.28. The van der Waals surface area contributed by atoms with Crippen LogP contribution >= 0.6 is 28.7 Å². The molecule has 0 amide bonds. The fraction of sp³-hybridized carbons (Fsp3) is 0.933. The van der Waals surface area contributed by atoms with Gasteiger partial charge in [0.1, 0.15) is 0 Å². The Morgan fingerprint density at radius 3 is 2.00 bits per heavy atom. The summed E-state index contributed by atoms with van der Waals surface area (Å²) in [4.78, 5) is 0. The molecule has 0 aliphatic heterocycles. The quantitative estimate of drug-likeness (QED) is 0.161. The van der Waals surface area contributed by atoms with Gasteiger partial charge in [-0.1, -0.05) is 0 Å². The first-order chi connectivity index (χ1) is 12.9. The third kappa shape index (κ3) is 10.4. The maximum Gasteiger partial charge on any atom is 0.293 e. The second-order valence-electron chi connectivity index (χ2n) is 6.27. The lowest BCUT2D eigenvalue weighted by Crippen LogP contribution is -2.40. The van der Waals surface area contributed by atoms with Crippen LogP contribution in [0.2, 0.25) is 0 Å². The van der Waals surface area contributed by atoms with Crippen molar-refractivity contribution in [1.82, 2.24) is 4.67 Å². The Bertz CT molecular complexity index is 467. The number of rotatable bonds is 15. The summed E-state index contributed by atoms with van der Waals surface area (Å²) in [6.45, 7) is 7.76. The third-order valence-electron chi connectivity index (χ3n) is 3.10. The van der Waals surface area contributed by atoms with Crippen LogP contribution in [-0.2, 0) is 18.1 Å². The zero-order chi connectivity index (χ0) is 22.0. The Hall–Kier alpha value is 0.340. The molecule has 0 aromatic heterocycles. The van der Waals surface area contributed by atoms with Gasteiger partial charge < -0.3 is 34.0 Å². The Morgan fingerprint density at radius 1 is 1.04 bits per heavy atom. The zero-order valence-corrected chi connectivity index (χ0v) is 19.7. The number of hydrogen-bond donors (Lipinski definition) is 4. The summed E-state index contributed by atoms with van der Waals surface area (Å²) in [6.07, 6.45) is 0.139. The van der Waals surface area contributed by atoms with Crippen LogP contribution in [0.4, 0.5) is 0 Å². The molecule has 166 valence electrons. The van der Waals surface area contributed by atoms with Gasteiger partial charge in [0.25, 0.3) is 14.5 Å². The highest BCUT2D eigenvalue weighted by atomic mass is 32.2. The molecule has 10 nitrogen and oxygen atoms in total. The fourth-order valence-corrected chi connectivity index (χ4v) is 5.99. The average Bonchev–Trinajstić information content (AvgIpc) is 2.54. The molecule has 0 aromatic carbocycles. The molecular weight excluding hydrogens is 430 g/mol. The number of aliphatic hydroxyl groups is 4. The third-order valence-corrected chi connectivity index (χ3v) is 8.06. The van der Waals surface area contributed by atoms with E-state index >= 15 is 0 Å². The summed E-state index contributed by atoms with van der Waals surface area (Å²) in [5.74, 6) is -3.25. The molecule has 0 aliphatic carbocycles. The molecule has 0 radical (unpaired) electrons. The van der Waals surface area contributed by atoms with Crippen molar-refractivity contribution in [1.29, 1.82) is 5.26 Å². The summed E-state index contributed by atoms with van der Waals surface area (Å²) in [5.41, 5.74) is -2.27. The first-order valence-corrected chi connectivity index (χ1v) is 12.0. The first kappa shape index (κ1) is 28.3. The summed E-state index contributed by atoms with van der Waals surface area (Å²) >= 11 is 0.840. The molecule has 4 N–H and O–H groups in total. The van der Waals surface area contributed by atoms with Crippen LogP contribution in [0.1, 0.15) is 34.1 Å². The second kappa shape index (κ2) is 13.6. The molecule has 0 saturated carbocycles. The van der Waals surface area contributed by atoms with Crippen LogP contribution in [0.5, 0.6) is 0 Å². The van der Waals surface area contributed by atoms with E-state index in [1.807, 2.05) is 38.4 Å². The predicted octanol–water partition coefficient (Wildman–Crippen LogP) is 1.89. The number of nitrogens with zero attached hydrogens (tertiary/aromatic N) is 2. The summed E-state index contributed by atoms with van der Waals surface area (Å²) < 4.78 is 22.6. The van der Waals surface area contributed by atoms with E-state index in [1.54, 1.807) is 0 Å². The maximum atomic E-state index is 10.2. The fourth-order valence-electron chi connectivity index (χ4n) is 2.17. The van der Waals surface area contributed by atoms with Crippen LogP contribution in [0.25, 0.3) is 0 Å². The van der Waals surface area contributed by atoms with Gasteiger partial charge in [0, 0.05) is 26.3 Å². The van der Waals surface area contributed by atoms with Crippen molar-refractivity contribution in [3.8, 4) is 6.07 Å². The normalized spacial score (nSPS) is 14.3. The van der Waals surface area contributed by atoms with Crippen molar-refractivity contribution in [2.45, 2.75) is 57.7 Å². The van der Waals surface area contributed by atoms with Gasteiger partial charge in [0.05, 0.1) is 30.6 Å². The average molecular weight is 462 g/mol. The van der Waals surface area contributed by atoms with Gasteiger partial charge in [-0.15, -0.1) is 11.8 Å². The van der Waals surface area contributed by atoms with Crippen molar-refractivity contribution in [3.63, 3.8) is 0 Å². The number of thioether (sulfide) groups is 1. The molecule has 0 spiro atoms. The summed E-state index contributed by atoms with van der Waals surface area (Å²) in [6, 6.07) is 1.94. The van der Waals surface area contributed by atoms with Crippen LogP contribution in [0, 0.1) is 11.3 Å². The van der Waals surface area contributed by atoms with Gasteiger partial charge in [-0.2, -0.15) is 5.26 Å². The van der Waals surface area contributed by atoms with Crippen LogP contribution in [0.15, 0.2) is 0 Å². The van der Waals surface area contributed by atoms with E-state index in [2.05, 4.69) is 0 Å². The van der Waals surface area contributed by atoms with Gasteiger partial charge in [-0.05, 0) is 27.7 Å². The van der Waals surface area contributed by atoms with Crippen molar-refractivity contribution in [3.05, 3.63) is 0 Å². The SMILES string of the molecule is COP(OC)C(O)(O)CSCC(O)(O)OP(OCCC#N)N(C(C)C)C(C)C. The first-order valence-electron chi connectivity index (χ1n) is 8.55. The molecule has 0 aliphatic rings. The maximum absolute atomic E-state index is 10.2. The minimum atomic E-state index is -2.58. The highest BCUT2D eigenvalue weighted by molar-refractivity contribution is 7.99. The lowest BCUT2D eigenvalue weighted by atomic mass is 10.3. The molecule has 0 fully saturated rings. The van der Waals surface area contributed by atoms with Crippen molar-refractivity contribution in [2.24, 2.45) is 0 Å². The lowest BCUT2D eigenvalue weighted by molar-refractivity contribution is -0.276. The molecule has 0 heterocycles. The molecule has 1 atom stereocenters. The van der Waals surface area contributed by atoms with Crippen LogP contribution in [0.3, 0.4) is 0 Å². The smallest absolute Gasteiger partial charge is 0.293 e. The van der Waals surface area contributed by atoms with Crippen molar-refractivity contribution < 1.29 is 38.5 Å². The van der Waals surface area contributed by atoms with E-state index < -0.39 is 28.4 Å². The molecule has 1 unspecified atom stereocenters. The molecule has 28 heavy (non-hydrogen) atoms. The van der Waals surface area contributed by atoms with Gasteiger partial charge >= 0.3 is 0 Å². The molecule has 0 aromatic rings. The molecular formula is C15H32N2O8P2S. The van der Waals surface area contributed by atoms with Gasteiger partial charge in [-0.25, -0.2) is 4.67 Å². The molecule has 0 bridgehead atoms. The molecule has 13 heteroatoms. The zero-order valence-electron chi connectivity index (χ0n) is 17.1. The molecule has 0 saturated heterocycles. The Morgan fingerprint density at radius 2 is 1.57 bits per heavy atom. The number of nitriles is 1. The Labute approximate surface area is 173 Å². The van der Waals surface area contributed by atoms with E-state index in [4.69, 9.17) is 23.4 Å². The van der Waals surface area contributed by atoms with Crippen LogP contribution in [-0.4, -0.2) is 81.0 Å². The standard InChI is InChI=1S/C15H32N2O8P2S/c1-12(2)17(13(3)4)27(24-9-7-8-16)25-14(18,19)10-28-11-15(20,21)26(22-5)23-6/h12-13,18-21H,7,9-11H2,1-6H3. The summed E-state index contributed by atoms with van der Waals surface area (Å²) in [5, 5.41) is 49.1. The monoisotopic (exact) mass is 462 g/mol. The highest BCUT2D eigenvalue weighted by Gasteiger charge is 2.40. The van der Waals surface area contributed by atoms with E-state index in [1.165, 1.54) is 14.2 Å². The van der Waals surface area contributed by atoms with Gasteiger partial charge in [-0.3, -0.25) is 4.52 Å². The minimum absolute atomic E-state index is 0.00820. The largest absolute Gasteiger partial charge is 0.358 e. The topological polar surface area (TPSA) is 145 Å². The van der Waals surface area contributed by atoms with E-state index in [-0.39, 0.29) is 36.6 Å². The van der Waals surface area contributed by atoms with E-state index in [0.29, 0.717) is 0 Å². The Balaban J connectivity index is 5.00. The van der Waals surface area contributed by atoms with E-state index in [9.17, 15) is 20.4 Å². The van der Waals surface area contributed by atoms with Crippen molar-refractivity contribution >= 4 is 28.7 Å². The van der Waals surface area contributed by atoms with Crippen molar-refractivity contribution in [2.75, 3.05) is 32.3 Å². The second-order valence-corrected chi connectivity index (χ2v) is 10.6. The van der Waals surface area contributed by atoms with Crippen LogP contribution < -0.4 is 0 Å². The lowest BCUT2D eigenvalue weighted by Gasteiger charge is -2.38. The Kier molecular flexibility index (Phi) is 13.8. The highest BCUT2D eigenvalue weighted by Crippen LogP contribution is 2.50. The minimum Gasteiger partial charge on any atom is -0.358 e.